The average molecular weight is 229 g/mol. The van der Waals surface area contributed by atoms with Crippen molar-refractivity contribution in [2.24, 2.45) is 5.92 Å². The number of benzene rings is 1. The van der Waals surface area contributed by atoms with Crippen molar-refractivity contribution in [3.05, 3.63) is 42.1 Å². The second-order valence-corrected chi connectivity index (χ2v) is 4.89. The van der Waals surface area contributed by atoms with Gasteiger partial charge in [0.25, 0.3) is 0 Å². The minimum atomic E-state index is -0.231. The van der Waals surface area contributed by atoms with Crippen LogP contribution in [0.5, 0.6) is 0 Å². The highest BCUT2D eigenvalue weighted by atomic mass is 16.3. The zero-order valence-corrected chi connectivity index (χ0v) is 10.4. The molecule has 2 atom stereocenters. The highest BCUT2D eigenvalue weighted by Gasteiger charge is 2.08. The minimum Gasteiger partial charge on any atom is -0.393 e. The molecule has 0 aliphatic rings. The number of hydrogen-bond acceptors (Lipinski definition) is 2. The predicted molar refractivity (Wildman–Crippen MR) is 70.9 cm³/mol. The van der Waals surface area contributed by atoms with Gasteiger partial charge in [0.1, 0.15) is 0 Å². The summed E-state index contributed by atoms with van der Waals surface area (Å²) in [5.41, 5.74) is 2.16. The number of aliphatic hydroxyl groups is 1. The van der Waals surface area contributed by atoms with Crippen LogP contribution in [0.2, 0.25) is 0 Å². The highest BCUT2D eigenvalue weighted by molar-refractivity contribution is 5.78. The minimum absolute atomic E-state index is 0.231. The maximum atomic E-state index is 9.35. The van der Waals surface area contributed by atoms with Gasteiger partial charge in [-0.2, -0.15) is 0 Å². The van der Waals surface area contributed by atoms with E-state index in [0.29, 0.717) is 5.92 Å². The van der Waals surface area contributed by atoms with Gasteiger partial charge in [0, 0.05) is 11.1 Å². The van der Waals surface area contributed by atoms with E-state index in [1.54, 1.807) is 0 Å². The fraction of sp³-hybridized carbons (Fsp3) is 0.400. The molecule has 0 fully saturated rings. The molecule has 0 aliphatic heterocycles. The SMILES string of the molecule is CC(O)CC(C)Cc1ccc2ccccc2n1. The smallest absolute Gasteiger partial charge is 0.0705 e. The molecule has 0 saturated heterocycles. The van der Waals surface area contributed by atoms with Crippen LogP contribution in [0, 0.1) is 5.92 Å². The molecule has 1 N–H and O–H groups in total. The average Bonchev–Trinajstić information content (AvgIpc) is 2.27. The standard InChI is InChI=1S/C15H19NO/c1-11(9-12(2)17)10-14-8-7-13-5-3-4-6-15(13)16-14/h3-8,11-12,17H,9-10H2,1-2H3. The van der Waals surface area contributed by atoms with Gasteiger partial charge in [0.05, 0.1) is 11.6 Å². The van der Waals surface area contributed by atoms with Gasteiger partial charge >= 0.3 is 0 Å². The Bertz CT molecular complexity index is 493. The Morgan fingerprint density at radius 1 is 1.12 bits per heavy atom. The molecule has 1 heterocycles. The molecule has 0 bridgehead atoms. The Hall–Kier alpha value is -1.41. The fourth-order valence-electron chi connectivity index (χ4n) is 2.24. The summed E-state index contributed by atoms with van der Waals surface area (Å²) in [7, 11) is 0. The molecule has 0 radical (unpaired) electrons. The Morgan fingerprint density at radius 2 is 1.88 bits per heavy atom. The molecular weight excluding hydrogens is 210 g/mol. The second-order valence-electron chi connectivity index (χ2n) is 4.89. The van der Waals surface area contributed by atoms with Crippen LogP contribution in [-0.2, 0) is 6.42 Å². The van der Waals surface area contributed by atoms with Gasteiger partial charge in [-0.25, -0.2) is 0 Å². The van der Waals surface area contributed by atoms with Crippen LogP contribution < -0.4 is 0 Å². The number of fused-ring (bicyclic) bond motifs is 1. The molecule has 17 heavy (non-hydrogen) atoms. The molecule has 1 aromatic carbocycles. The van der Waals surface area contributed by atoms with Crippen molar-refractivity contribution in [1.82, 2.24) is 4.98 Å². The van der Waals surface area contributed by atoms with Gasteiger partial charge in [0.2, 0.25) is 0 Å². The first kappa shape index (κ1) is 12.1. The van der Waals surface area contributed by atoms with Gasteiger partial charge in [-0.05, 0) is 37.8 Å². The van der Waals surface area contributed by atoms with Crippen LogP contribution in [0.4, 0.5) is 0 Å². The molecule has 0 saturated carbocycles. The zero-order chi connectivity index (χ0) is 12.3. The number of aliphatic hydroxyl groups excluding tert-OH is 1. The molecule has 0 aliphatic carbocycles. The summed E-state index contributed by atoms with van der Waals surface area (Å²) in [6, 6.07) is 12.4. The first-order valence-electron chi connectivity index (χ1n) is 6.18. The van der Waals surface area contributed by atoms with E-state index >= 15 is 0 Å². The molecule has 2 rings (SSSR count). The number of hydrogen-bond donors (Lipinski definition) is 1. The summed E-state index contributed by atoms with van der Waals surface area (Å²) in [5.74, 6) is 0.462. The zero-order valence-electron chi connectivity index (χ0n) is 10.4. The molecule has 90 valence electrons. The third-order valence-corrected chi connectivity index (χ3v) is 2.96. The largest absolute Gasteiger partial charge is 0.393 e. The van der Waals surface area contributed by atoms with Crippen LogP contribution >= 0.6 is 0 Å². The van der Waals surface area contributed by atoms with Gasteiger partial charge in [-0.15, -0.1) is 0 Å². The molecule has 0 amide bonds. The van der Waals surface area contributed by atoms with E-state index in [4.69, 9.17) is 0 Å². The predicted octanol–water partition coefficient (Wildman–Crippen LogP) is 3.18. The van der Waals surface area contributed by atoms with Crippen molar-refractivity contribution >= 4 is 10.9 Å². The van der Waals surface area contributed by atoms with Crippen LogP contribution in [0.1, 0.15) is 26.0 Å². The van der Waals surface area contributed by atoms with Crippen LogP contribution in [-0.4, -0.2) is 16.2 Å². The first-order chi connectivity index (χ1) is 8.15. The summed E-state index contributed by atoms with van der Waals surface area (Å²) < 4.78 is 0. The third-order valence-electron chi connectivity index (χ3n) is 2.96. The van der Waals surface area contributed by atoms with Gasteiger partial charge in [-0.3, -0.25) is 4.98 Å². The van der Waals surface area contributed by atoms with Gasteiger partial charge < -0.3 is 5.11 Å². The molecule has 2 aromatic rings. The van der Waals surface area contributed by atoms with Crippen LogP contribution in [0.15, 0.2) is 36.4 Å². The second kappa shape index (κ2) is 5.28. The van der Waals surface area contributed by atoms with E-state index in [9.17, 15) is 5.11 Å². The van der Waals surface area contributed by atoms with Crippen molar-refractivity contribution in [1.29, 1.82) is 0 Å². The van der Waals surface area contributed by atoms with E-state index in [2.05, 4.69) is 30.1 Å². The molecule has 2 nitrogen and oxygen atoms in total. The first-order valence-corrected chi connectivity index (χ1v) is 6.18. The Morgan fingerprint density at radius 3 is 2.65 bits per heavy atom. The van der Waals surface area contributed by atoms with Gasteiger partial charge in [-0.1, -0.05) is 31.2 Å². The van der Waals surface area contributed by atoms with E-state index in [0.717, 1.165) is 24.1 Å². The lowest BCUT2D eigenvalue weighted by molar-refractivity contribution is 0.164. The lowest BCUT2D eigenvalue weighted by Crippen LogP contribution is -2.10. The fourth-order valence-corrected chi connectivity index (χ4v) is 2.24. The Kier molecular flexibility index (Phi) is 3.75. The Labute approximate surface area is 102 Å². The molecular formula is C15H19NO. The van der Waals surface area contributed by atoms with E-state index in [-0.39, 0.29) is 6.10 Å². The highest BCUT2D eigenvalue weighted by Crippen LogP contribution is 2.16. The molecule has 2 heteroatoms. The monoisotopic (exact) mass is 229 g/mol. The van der Waals surface area contributed by atoms with Crippen LogP contribution in [0.3, 0.4) is 0 Å². The number of nitrogens with zero attached hydrogens (tertiary/aromatic N) is 1. The van der Waals surface area contributed by atoms with E-state index in [1.165, 1.54) is 5.39 Å². The number of pyridine rings is 1. The lowest BCUT2D eigenvalue weighted by Gasteiger charge is -2.13. The van der Waals surface area contributed by atoms with E-state index in [1.807, 2.05) is 25.1 Å². The van der Waals surface area contributed by atoms with Crippen molar-refractivity contribution in [3.63, 3.8) is 0 Å². The quantitative estimate of drug-likeness (QED) is 0.873. The summed E-state index contributed by atoms with van der Waals surface area (Å²) in [5, 5.41) is 10.5. The lowest BCUT2D eigenvalue weighted by atomic mass is 9.98. The van der Waals surface area contributed by atoms with Gasteiger partial charge in [0.15, 0.2) is 0 Å². The van der Waals surface area contributed by atoms with Crippen molar-refractivity contribution in [2.45, 2.75) is 32.8 Å². The summed E-state index contributed by atoms with van der Waals surface area (Å²) in [6.45, 7) is 3.99. The topological polar surface area (TPSA) is 33.1 Å². The molecule has 2 unspecified atom stereocenters. The van der Waals surface area contributed by atoms with Crippen molar-refractivity contribution in [2.75, 3.05) is 0 Å². The molecule has 0 spiro atoms. The third kappa shape index (κ3) is 3.27. The number of aromatic nitrogens is 1. The van der Waals surface area contributed by atoms with Crippen LogP contribution in [0.25, 0.3) is 10.9 Å². The maximum Gasteiger partial charge on any atom is 0.0705 e. The normalized spacial score (nSPS) is 14.8. The maximum absolute atomic E-state index is 9.35. The summed E-state index contributed by atoms with van der Waals surface area (Å²) >= 11 is 0. The summed E-state index contributed by atoms with van der Waals surface area (Å²) in [6.07, 6.45) is 1.52. The number of rotatable bonds is 4. The van der Waals surface area contributed by atoms with E-state index < -0.39 is 0 Å². The van der Waals surface area contributed by atoms with Crippen molar-refractivity contribution < 1.29 is 5.11 Å². The van der Waals surface area contributed by atoms with Crippen molar-refractivity contribution in [3.8, 4) is 0 Å². The molecule has 1 aromatic heterocycles. The number of para-hydroxylation sites is 1. The summed E-state index contributed by atoms with van der Waals surface area (Å²) in [4.78, 5) is 4.64. The Balaban J connectivity index is 2.14.